The van der Waals surface area contributed by atoms with Gasteiger partial charge < -0.3 is 15.0 Å². The van der Waals surface area contributed by atoms with Gasteiger partial charge in [0.1, 0.15) is 5.75 Å². The van der Waals surface area contributed by atoms with E-state index in [1.807, 2.05) is 54.3 Å². The fourth-order valence-corrected chi connectivity index (χ4v) is 3.25. The number of nitrogens with zero attached hydrogens (tertiary/aromatic N) is 1. The van der Waals surface area contributed by atoms with Crippen LogP contribution in [0.5, 0.6) is 5.75 Å². The van der Waals surface area contributed by atoms with Crippen LogP contribution in [0.4, 0.5) is 11.4 Å². The third kappa shape index (κ3) is 4.88. The quantitative estimate of drug-likeness (QED) is 0.803. The Balaban J connectivity index is 1.62. The summed E-state index contributed by atoms with van der Waals surface area (Å²) in [6, 6.07) is 13.4. The van der Waals surface area contributed by atoms with Crippen LogP contribution in [0.15, 0.2) is 42.5 Å². The fraction of sp³-hybridized carbons (Fsp3) is 0.364. The van der Waals surface area contributed by atoms with Gasteiger partial charge in [0.2, 0.25) is 5.91 Å². The standard InChI is InChI=1S/C22H26N2O3/c1-3-4-12-24-20-10-9-18(14-17(20)8-11-22(24)26)23-21(25)15-27-19-7-5-6-16(2)13-19/h5-7,9-10,13-14H,3-4,8,11-12,15H2,1-2H3,(H,23,25). The molecule has 0 radical (unpaired) electrons. The molecule has 0 bridgehead atoms. The lowest BCUT2D eigenvalue weighted by Crippen LogP contribution is -2.35. The number of fused-ring (bicyclic) bond motifs is 1. The highest BCUT2D eigenvalue weighted by Gasteiger charge is 2.23. The van der Waals surface area contributed by atoms with Gasteiger partial charge in [-0.05, 0) is 61.2 Å². The first-order chi connectivity index (χ1) is 13.1. The number of benzene rings is 2. The van der Waals surface area contributed by atoms with Gasteiger partial charge in [0, 0.05) is 24.3 Å². The molecule has 1 heterocycles. The normalized spacial score (nSPS) is 13.3. The number of anilines is 2. The molecule has 1 aliphatic rings. The molecule has 0 atom stereocenters. The second-order valence-electron chi connectivity index (χ2n) is 6.90. The van der Waals surface area contributed by atoms with Crippen LogP contribution >= 0.6 is 0 Å². The van der Waals surface area contributed by atoms with Gasteiger partial charge in [-0.1, -0.05) is 25.5 Å². The molecule has 2 aromatic carbocycles. The average Bonchev–Trinajstić information content (AvgIpc) is 2.66. The second-order valence-corrected chi connectivity index (χ2v) is 6.90. The highest BCUT2D eigenvalue weighted by Crippen LogP contribution is 2.30. The van der Waals surface area contributed by atoms with E-state index in [-0.39, 0.29) is 18.4 Å². The van der Waals surface area contributed by atoms with E-state index in [4.69, 9.17) is 4.74 Å². The van der Waals surface area contributed by atoms with E-state index in [2.05, 4.69) is 12.2 Å². The summed E-state index contributed by atoms with van der Waals surface area (Å²) in [5, 5.41) is 2.88. The maximum Gasteiger partial charge on any atom is 0.262 e. The number of aryl methyl sites for hydroxylation is 2. The Morgan fingerprint density at radius 3 is 2.81 bits per heavy atom. The highest BCUT2D eigenvalue weighted by atomic mass is 16.5. The number of nitrogens with one attached hydrogen (secondary N) is 1. The Kier molecular flexibility index (Phi) is 6.12. The molecule has 0 saturated heterocycles. The number of amides is 2. The maximum absolute atomic E-state index is 12.2. The van der Waals surface area contributed by atoms with E-state index in [0.29, 0.717) is 18.6 Å². The number of hydrogen-bond acceptors (Lipinski definition) is 3. The smallest absolute Gasteiger partial charge is 0.262 e. The summed E-state index contributed by atoms with van der Waals surface area (Å²) in [7, 11) is 0. The van der Waals surface area contributed by atoms with Crippen molar-refractivity contribution in [2.45, 2.75) is 39.5 Å². The van der Waals surface area contributed by atoms with Gasteiger partial charge in [-0.15, -0.1) is 0 Å². The molecular formula is C22H26N2O3. The number of ether oxygens (including phenoxy) is 1. The van der Waals surface area contributed by atoms with E-state index in [9.17, 15) is 9.59 Å². The number of rotatable bonds is 7. The van der Waals surface area contributed by atoms with Crippen LogP contribution in [0.1, 0.15) is 37.3 Å². The van der Waals surface area contributed by atoms with Crippen molar-refractivity contribution in [3.63, 3.8) is 0 Å². The van der Waals surface area contributed by atoms with Crippen LogP contribution in [0, 0.1) is 6.92 Å². The predicted molar refractivity (Wildman–Crippen MR) is 107 cm³/mol. The van der Waals surface area contributed by atoms with E-state index in [0.717, 1.165) is 41.9 Å². The SMILES string of the molecule is CCCCN1C(=O)CCc2cc(NC(=O)COc3cccc(C)c3)ccc21. The topological polar surface area (TPSA) is 58.6 Å². The Hall–Kier alpha value is -2.82. The Labute approximate surface area is 160 Å². The third-order valence-electron chi connectivity index (χ3n) is 4.66. The van der Waals surface area contributed by atoms with Gasteiger partial charge in [0.25, 0.3) is 5.91 Å². The van der Waals surface area contributed by atoms with Crippen molar-refractivity contribution in [3.05, 3.63) is 53.6 Å². The minimum Gasteiger partial charge on any atom is -0.484 e. The molecule has 1 N–H and O–H groups in total. The summed E-state index contributed by atoms with van der Waals surface area (Å²) in [4.78, 5) is 26.3. The van der Waals surface area contributed by atoms with Gasteiger partial charge in [-0.2, -0.15) is 0 Å². The monoisotopic (exact) mass is 366 g/mol. The van der Waals surface area contributed by atoms with Gasteiger partial charge in [-0.25, -0.2) is 0 Å². The number of carbonyl (C=O) groups excluding carboxylic acids is 2. The van der Waals surface area contributed by atoms with Crippen LogP contribution < -0.4 is 15.0 Å². The first kappa shape index (κ1) is 19.0. The predicted octanol–water partition coefficient (Wildman–Crippen LogP) is 4.09. The maximum atomic E-state index is 12.2. The van der Waals surface area contributed by atoms with Crippen LogP contribution in [0.3, 0.4) is 0 Å². The number of hydrogen-bond donors (Lipinski definition) is 1. The summed E-state index contributed by atoms with van der Waals surface area (Å²) in [6.45, 7) is 4.81. The lowest BCUT2D eigenvalue weighted by Gasteiger charge is -2.29. The molecule has 0 aliphatic carbocycles. The van der Waals surface area contributed by atoms with Crippen molar-refractivity contribution < 1.29 is 14.3 Å². The van der Waals surface area contributed by atoms with Crippen LogP contribution in [-0.2, 0) is 16.0 Å². The van der Waals surface area contributed by atoms with E-state index >= 15 is 0 Å². The lowest BCUT2D eigenvalue weighted by atomic mass is 10.00. The summed E-state index contributed by atoms with van der Waals surface area (Å²) in [5.41, 5.74) is 3.89. The highest BCUT2D eigenvalue weighted by molar-refractivity contribution is 5.97. The largest absolute Gasteiger partial charge is 0.484 e. The molecule has 0 unspecified atom stereocenters. The van der Waals surface area contributed by atoms with Crippen molar-refractivity contribution in [2.75, 3.05) is 23.4 Å². The zero-order chi connectivity index (χ0) is 19.2. The molecule has 0 aromatic heterocycles. The number of carbonyl (C=O) groups is 2. The molecule has 2 aromatic rings. The second kappa shape index (κ2) is 8.71. The summed E-state index contributed by atoms with van der Waals surface area (Å²) in [6.07, 6.45) is 3.26. The van der Waals surface area contributed by atoms with E-state index in [1.54, 1.807) is 0 Å². The summed E-state index contributed by atoms with van der Waals surface area (Å²) in [5.74, 6) is 0.658. The minimum absolute atomic E-state index is 0.0400. The van der Waals surface area contributed by atoms with E-state index in [1.165, 1.54) is 0 Å². The third-order valence-corrected chi connectivity index (χ3v) is 4.66. The van der Waals surface area contributed by atoms with Gasteiger partial charge in [-0.3, -0.25) is 9.59 Å². The van der Waals surface area contributed by atoms with E-state index < -0.39 is 0 Å². The molecule has 5 heteroatoms. The first-order valence-electron chi connectivity index (χ1n) is 9.49. The molecule has 27 heavy (non-hydrogen) atoms. The molecule has 142 valence electrons. The van der Waals surface area contributed by atoms with Gasteiger partial charge >= 0.3 is 0 Å². The van der Waals surface area contributed by atoms with Crippen LogP contribution in [-0.4, -0.2) is 25.0 Å². The average molecular weight is 366 g/mol. The van der Waals surface area contributed by atoms with Gasteiger partial charge in [0.15, 0.2) is 6.61 Å². The zero-order valence-electron chi connectivity index (χ0n) is 16.0. The van der Waals surface area contributed by atoms with Crippen molar-refractivity contribution in [1.29, 1.82) is 0 Å². The Morgan fingerprint density at radius 1 is 1.19 bits per heavy atom. The first-order valence-corrected chi connectivity index (χ1v) is 9.49. The molecule has 2 amide bonds. The van der Waals surface area contributed by atoms with Crippen LogP contribution in [0.2, 0.25) is 0 Å². The fourth-order valence-electron chi connectivity index (χ4n) is 3.25. The molecule has 5 nitrogen and oxygen atoms in total. The summed E-state index contributed by atoms with van der Waals surface area (Å²) < 4.78 is 5.54. The lowest BCUT2D eigenvalue weighted by molar-refractivity contribution is -0.119. The van der Waals surface area contributed by atoms with Crippen molar-refractivity contribution in [2.24, 2.45) is 0 Å². The molecule has 0 spiro atoms. The molecule has 0 fully saturated rings. The molecular weight excluding hydrogens is 340 g/mol. The number of unbranched alkanes of at least 4 members (excludes halogenated alkanes) is 1. The van der Waals surface area contributed by atoms with Crippen molar-refractivity contribution in [1.82, 2.24) is 0 Å². The molecule has 0 saturated carbocycles. The zero-order valence-corrected chi connectivity index (χ0v) is 16.0. The Bertz CT molecular complexity index is 832. The summed E-state index contributed by atoms with van der Waals surface area (Å²) >= 11 is 0. The van der Waals surface area contributed by atoms with Crippen molar-refractivity contribution in [3.8, 4) is 5.75 Å². The molecule has 1 aliphatic heterocycles. The minimum atomic E-state index is -0.203. The van der Waals surface area contributed by atoms with Gasteiger partial charge in [0.05, 0.1) is 0 Å². The molecule has 3 rings (SSSR count). The van der Waals surface area contributed by atoms with Crippen LogP contribution in [0.25, 0.3) is 0 Å². The van der Waals surface area contributed by atoms with Crippen molar-refractivity contribution >= 4 is 23.2 Å². The Morgan fingerprint density at radius 2 is 2.04 bits per heavy atom.